The van der Waals surface area contributed by atoms with Gasteiger partial charge in [-0.15, -0.1) is 0 Å². The van der Waals surface area contributed by atoms with Gasteiger partial charge in [0.05, 0.1) is 18.9 Å². The highest BCUT2D eigenvalue weighted by Crippen LogP contribution is 2.28. The van der Waals surface area contributed by atoms with Gasteiger partial charge in [0, 0.05) is 38.2 Å². The minimum absolute atomic E-state index is 0.280. The van der Waals surface area contributed by atoms with E-state index in [0.29, 0.717) is 31.5 Å². The minimum atomic E-state index is 0.280. The first kappa shape index (κ1) is 18.9. The molecule has 3 rings (SSSR count). The summed E-state index contributed by atoms with van der Waals surface area (Å²) >= 11 is 0. The molecule has 0 aromatic carbocycles. The molecular weight excluding hydrogens is 330 g/mol. The van der Waals surface area contributed by atoms with E-state index in [4.69, 9.17) is 10.5 Å². The molecule has 0 aliphatic carbocycles. The summed E-state index contributed by atoms with van der Waals surface area (Å²) in [5.41, 5.74) is 8.06. The van der Waals surface area contributed by atoms with Crippen molar-refractivity contribution in [3.05, 3.63) is 11.3 Å². The van der Waals surface area contributed by atoms with E-state index in [2.05, 4.69) is 28.7 Å². The van der Waals surface area contributed by atoms with E-state index < -0.39 is 0 Å². The van der Waals surface area contributed by atoms with E-state index in [9.17, 15) is 4.79 Å². The van der Waals surface area contributed by atoms with Crippen LogP contribution in [-0.2, 0) is 16.0 Å². The Labute approximate surface area is 155 Å². The zero-order valence-electron chi connectivity index (χ0n) is 16.0. The van der Waals surface area contributed by atoms with E-state index in [1.807, 2.05) is 4.90 Å². The third-order valence-electron chi connectivity index (χ3n) is 5.62. The molecule has 0 atom stereocenters. The first-order chi connectivity index (χ1) is 12.6. The lowest BCUT2D eigenvalue weighted by Crippen LogP contribution is -2.41. The van der Waals surface area contributed by atoms with Crippen molar-refractivity contribution >= 4 is 17.7 Å². The molecule has 2 saturated heterocycles. The Morgan fingerprint density at radius 1 is 1.19 bits per heavy atom. The Morgan fingerprint density at radius 2 is 1.88 bits per heavy atom. The second kappa shape index (κ2) is 8.66. The molecule has 2 fully saturated rings. The summed E-state index contributed by atoms with van der Waals surface area (Å²) in [6.45, 7) is 8.94. The van der Waals surface area contributed by atoms with Crippen LogP contribution in [0.15, 0.2) is 0 Å². The van der Waals surface area contributed by atoms with Gasteiger partial charge in [-0.2, -0.15) is 4.98 Å². The van der Waals surface area contributed by atoms with Gasteiger partial charge in [0.2, 0.25) is 11.9 Å². The van der Waals surface area contributed by atoms with Gasteiger partial charge in [-0.3, -0.25) is 4.79 Å². The number of anilines is 2. The average Bonchev–Trinajstić information content (AvgIpc) is 2.68. The van der Waals surface area contributed by atoms with E-state index in [-0.39, 0.29) is 5.91 Å². The van der Waals surface area contributed by atoms with Crippen molar-refractivity contribution in [3.8, 4) is 0 Å². The van der Waals surface area contributed by atoms with Crippen LogP contribution in [0.25, 0.3) is 0 Å². The van der Waals surface area contributed by atoms with Gasteiger partial charge in [0.15, 0.2) is 0 Å². The summed E-state index contributed by atoms with van der Waals surface area (Å²) in [7, 11) is 0. The molecule has 0 unspecified atom stereocenters. The number of aryl methyl sites for hydroxylation is 1. The molecule has 0 radical (unpaired) electrons. The number of amides is 1. The van der Waals surface area contributed by atoms with Crippen LogP contribution >= 0.6 is 0 Å². The monoisotopic (exact) mass is 361 g/mol. The smallest absolute Gasteiger partial charge is 0.222 e. The Bertz CT molecular complexity index is 623. The maximum Gasteiger partial charge on any atom is 0.222 e. The van der Waals surface area contributed by atoms with Gasteiger partial charge in [-0.05, 0) is 38.5 Å². The average molecular weight is 361 g/mol. The summed E-state index contributed by atoms with van der Waals surface area (Å²) < 4.78 is 5.31. The van der Waals surface area contributed by atoms with Crippen molar-refractivity contribution in [3.63, 3.8) is 0 Å². The molecule has 0 bridgehead atoms. The third kappa shape index (κ3) is 4.44. The number of nitrogen functional groups attached to an aromatic ring is 1. The van der Waals surface area contributed by atoms with Gasteiger partial charge in [0.1, 0.15) is 5.82 Å². The van der Waals surface area contributed by atoms with Gasteiger partial charge in [-0.1, -0.05) is 6.92 Å². The Morgan fingerprint density at radius 3 is 2.54 bits per heavy atom. The molecule has 2 N–H and O–H groups in total. The van der Waals surface area contributed by atoms with Crippen molar-refractivity contribution in [2.24, 2.45) is 5.92 Å². The maximum absolute atomic E-state index is 12.3. The first-order valence-electron chi connectivity index (χ1n) is 9.82. The van der Waals surface area contributed by atoms with Gasteiger partial charge in [-0.25, -0.2) is 4.98 Å². The Hall–Kier alpha value is -1.89. The van der Waals surface area contributed by atoms with Crippen LogP contribution in [0.3, 0.4) is 0 Å². The molecule has 0 spiro atoms. The highest BCUT2D eigenvalue weighted by Gasteiger charge is 2.24. The zero-order valence-corrected chi connectivity index (χ0v) is 16.0. The molecule has 7 nitrogen and oxygen atoms in total. The molecule has 1 amide bonds. The number of aromatic nitrogens is 2. The van der Waals surface area contributed by atoms with Crippen LogP contribution < -0.4 is 10.6 Å². The summed E-state index contributed by atoms with van der Waals surface area (Å²) in [6.07, 6.45) is 4.70. The van der Waals surface area contributed by atoms with Gasteiger partial charge < -0.3 is 20.3 Å². The summed E-state index contributed by atoms with van der Waals surface area (Å²) in [5.74, 6) is 2.24. The quantitative estimate of drug-likeness (QED) is 0.861. The zero-order chi connectivity index (χ0) is 18.5. The molecular formula is C19H31N5O2. The number of nitrogens with zero attached hydrogens (tertiary/aromatic N) is 4. The molecule has 2 aliphatic heterocycles. The van der Waals surface area contributed by atoms with E-state index in [0.717, 1.165) is 68.9 Å². The largest absolute Gasteiger partial charge is 0.378 e. The number of piperidine rings is 1. The molecule has 3 heterocycles. The van der Waals surface area contributed by atoms with Crippen LogP contribution in [0.1, 0.15) is 43.9 Å². The van der Waals surface area contributed by atoms with Crippen LogP contribution in [-0.4, -0.2) is 60.2 Å². The third-order valence-corrected chi connectivity index (χ3v) is 5.62. The number of carbonyl (C=O) groups is 1. The molecule has 2 aliphatic rings. The lowest BCUT2D eigenvalue weighted by molar-refractivity contribution is -0.135. The first-order valence-corrected chi connectivity index (χ1v) is 9.82. The number of carbonyl (C=O) groups excluding carboxylic acids is 1. The lowest BCUT2D eigenvalue weighted by Gasteiger charge is -2.34. The lowest BCUT2D eigenvalue weighted by atomic mass is 9.91. The predicted octanol–water partition coefficient (Wildman–Crippen LogP) is 1.79. The predicted molar refractivity (Wildman–Crippen MR) is 102 cm³/mol. The fourth-order valence-electron chi connectivity index (χ4n) is 3.95. The van der Waals surface area contributed by atoms with Crippen molar-refractivity contribution in [2.75, 3.05) is 50.0 Å². The van der Waals surface area contributed by atoms with Crippen LogP contribution in [0.4, 0.5) is 11.8 Å². The second-order valence-corrected chi connectivity index (χ2v) is 7.29. The molecule has 26 heavy (non-hydrogen) atoms. The highest BCUT2D eigenvalue weighted by atomic mass is 16.5. The Kier molecular flexibility index (Phi) is 6.29. The molecule has 7 heteroatoms. The van der Waals surface area contributed by atoms with Crippen LogP contribution in [0.2, 0.25) is 0 Å². The van der Waals surface area contributed by atoms with Crippen LogP contribution in [0.5, 0.6) is 0 Å². The van der Waals surface area contributed by atoms with E-state index in [1.54, 1.807) is 0 Å². The molecule has 1 aromatic rings. The molecule has 144 valence electrons. The van der Waals surface area contributed by atoms with Crippen LogP contribution in [0, 0.1) is 12.8 Å². The number of rotatable bonds is 5. The molecule has 1 aromatic heterocycles. The van der Waals surface area contributed by atoms with E-state index >= 15 is 0 Å². The van der Waals surface area contributed by atoms with Crippen molar-refractivity contribution in [1.82, 2.24) is 14.9 Å². The van der Waals surface area contributed by atoms with Crippen molar-refractivity contribution in [2.45, 2.75) is 46.0 Å². The number of nitrogens with two attached hydrogens (primary N) is 1. The van der Waals surface area contributed by atoms with E-state index in [1.165, 1.54) is 0 Å². The fraction of sp³-hybridized carbons (Fsp3) is 0.737. The maximum atomic E-state index is 12.3. The second-order valence-electron chi connectivity index (χ2n) is 7.29. The summed E-state index contributed by atoms with van der Waals surface area (Å²) in [5, 5.41) is 0. The van der Waals surface area contributed by atoms with Gasteiger partial charge >= 0.3 is 0 Å². The van der Waals surface area contributed by atoms with Gasteiger partial charge in [0.25, 0.3) is 0 Å². The number of ether oxygens (including phenoxy) is 1. The highest BCUT2D eigenvalue weighted by molar-refractivity contribution is 5.76. The fourth-order valence-corrected chi connectivity index (χ4v) is 3.95. The number of hydrogen-bond acceptors (Lipinski definition) is 6. The normalized spacial score (nSPS) is 19.0. The van der Waals surface area contributed by atoms with Crippen molar-refractivity contribution in [1.29, 1.82) is 0 Å². The molecule has 0 saturated carbocycles. The standard InChI is InChI=1S/C19H31N5O2/c1-3-16-14(2)18(22-19(20)21-16)24-8-6-15(7-9-24)4-5-17(25)23-10-12-26-13-11-23/h15H,3-13H2,1-2H3,(H2,20,21,22). The summed E-state index contributed by atoms with van der Waals surface area (Å²) in [6, 6.07) is 0. The minimum Gasteiger partial charge on any atom is -0.378 e. The SMILES string of the molecule is CCc1nc(N)nc(N2CCC(CCC(=O)N3CCOCC3)CC2)c1C. The topological polar surface area (TPSA) is 84.6 Å². The Balaban J connectivity index is 1.50. The number of hydrogen-bond donors (Lipinski definition) is 1. The number of morpholine rings is 1. The summed E-state index contributed by atoms with van der Waals surface area (Å²) in [4.78, 5) is 25.4. The van der Waals surface area contributed by atoms with Crippen molar-refractivity contribution < 1.29 is 9.53 Å².